The summed E-state index contributed by atoms with van der Waals surface area (Å²) in [4.78, 5) is 17.5. The molecular formula is C26H30N4O2. The van der Waals surface area contributed by atoms with Crippen LogP contribution in [0.5, 0.6) is 5.75 Å². The molecule has 0 atom stereocenters. The number of rotatable bonds is 4. The summed E-state index contributed by atoms with van der Waals surface area (Å²) in [5, 5.41) is 7.55. The second kappa shape index (κ2) is 9.56. The van der Waals surface area contributed by atoms with Crippen molar-refractivity contribution >= 4 is 34.0 Å². The van der Waals surface area contributed by atoms with E-state index >= 15 is 0 Å². The molecule has 0 spiro atoms. The smallest absolute Gasteiger partial charge is 0.324 e. The summed E-state index contributed by atoms with van der Waals surface area (Å²) in [7, 11) is 1.63. The van der Waals surface area contributed by atoms with Gasteiger partial charge in [-0.05, 0) is 31.2 Å². The zero-order chi connectivity index (χ0) is 23.3. The number of allylic oxidation sites excluding steroid dienone is 1. The molecule has 0 aliphatic heterocycles. The van der Waals surface area contributed by atoms with Crippen molar-refractivity contribution in [2.75, 3.05) is 12.4 Å². The number of anilines is 1. The average Bonchev–Trinajstić information content (AvgIpc) is 2.75. The average molecular weight is 431 g/mol. The summed E-state index contributed by atoms with van der Waals surface area (Å²) in [5.74, 6) is 1.10. The molecule has 3 rings (SSSR count). The van der Waals surface area contributed by atoms with Gasteiger partial charge in [0.05, 0.1) is 18.5 Å². The highest BCUT2D eigenvalue weighted by Gasteiger charge is 2.16. The van der Waals surface area contributed by atoms with Gasteiger partial charge < -0.3 is 15.8 Å². The van der Waals surface area contributed by atoms with E-state index in [1.165, 1.54) is 0 Å². The Morgan fingerprint density at radius 2 is 1.66 bits per heavy atom. The van der Waals surface area contributed by atoms with E-state index in [0.29, 0.717) is 17.2 Å². The number of nitrogens with two attached hydrogens (primary N) is 1. The van der Waals surface area contributed by atoms with Gasteiger partial charge in [-0.25, -0.2) is 9.79 Å². The number of fused-ring (bicyclic) bond motifs is 1. The Labute approximate surface area is 189 Å². The standard InChI is InChI=1S/C26H30N4O2/c1-17-10-12-18(13-11-17)28-24(16-23(27)26(2,3)4)30-25(31)29-21-14-15-22(32-5)20-9-7-6-8-19(20)21/h6-16H,27H2,1-5H3,(H2,28,29,30,31). The van der Waals surface area contributed by atoms with Gasteiger partial charge in [0.25, 0.3) is 0 Å². The van der Waals surface area contributed by atoms with E-state index in [2.05, 4.69) is 15.6 Å². The highest BCUT2D eigenvalue weighted by Crippen LogP contribution is 2.31. The first-order valence-corrected chi connectivity index (χ1v) is 10.4. The summed E-state index contributed by atoms with van der Waals surface area (Å²) in [5.41, 5.74) is 9.12. The second-order valence-electron chi connectivity index (χ2n) is 8.62. The van der Waals surface area contributed by atoms with E-state index in [9.17, 15) is 4.79 Å². The lowest BCUT2D eigenvalue weighted by Gasteiger charge is -2.19. The van der Waals surface area contributed by atoms with Crippen molar-refractivity contribution in [1.29, 1.82) is 0 Å². The predicted molar refractivity (Wildman–Crippen MR) is 133 cm³/mol. The number of methoxy groups -OCH3 is 1. The summed E-state index contributed by atoms with van der Waals surface area (Å²) in [6.45, 7) is 8.03. The van der Waals surface area contributed by atoms with E-state index < -0.39 is 6.03 Å². The van der Waals surface area contributed by atoms with Crippen molar-refractivity contribution in [3.63, 3.8) is 0 Å². The first-order chi connectivity index (χ1) is 15.2. The summed E-state index contributed by atoms with van der Waals surface area (Å²) < 4.78 is 5.43. The van der Waals surface area contributed by atoms with E-state index in [0.717, 1.165) is 27.8 Å². The number of ether oxygens (including phenoxy) is 1. The van der Waals surface area contributed by atoms with Gasteiger partial charge >= 0.3 is 6.03 Å². The minimum absolute atomic E-state index is 0.265. The highest BCUT2D eigenvalue weighted by molar-refractivity contribution is 6.11. The molecule has 3 aromatic rings. The molecule has 0 aliphatic carbocycles. The minimum Gasteiger partial charge on any atom is -0.496 e. The van der Waals surface area contributed by atoms with Crippen LogP contribution in [-0.4, -0.2) is 19.0 Å². The van der Waals surface area contributed by atoms with Crippen LogP contribution in [0.4, 0.5) is 16.2 Å². The third-order valence-corrected chi connectivity index (χ3v) is 5.04. The quantitative estimate of drug-likeness (QED) is 0.356. The zero-order valence-electron chi connectivity index (χ0n) is 19.2. The first-order valence-electron chi connectivity index (χ1n) is 10.4. The van der Waals surface area contributed by atoms with Crippen LogP contribution in [0.2, 0.25) is 0 Å². The number of nitrogens with zero attached hydrogens (tertiary/aromatic N) is 1. The molecule has 6 heteroatoms. The molecule has 0 saturated carbocycles. The Balaban J connectivity index is 1.90. The van der Waals surface area contributed by atoms with Crippen molar-refractivity contribution in [2.24, 2.45) is 16.1 Å². The van der Waals surface area contributed by atoms with Crippen LogP contribution in [0.15, 0.2) is 77.4 Å². The van der Waals surface area contributed by atoms with Gasteiger partial charge in [-0.3, -0.25) is 5.32 Å². The maximum atomic E-state index is 12.9. The number of amides is 2. The lowest BCUT2D eigenvalue weighted by Crippen LogP contribution is -2.34. The molecule has 0 radical (unpaired) electrons. The first kappa shape index (κ1) is 22.9. The largest absolute Gasteiger partial charge is 0.496 e. The van der Waals surface area contributed by atoms with Gasteiger partial charge in [0.15, 0.2) is 0 Å². The van der Waals surface area contributed by atoms with Crippen LogP contribution < -0.4 is 21.1 Å². The highest BCUT2D eigenvalue weighted by atomic mass is 16.5. The van der Waals surface area contributed by atoms with Crippen LogP contribution in [-0.2, 0) is 0 Å². The number of hydrogen-bond acceptors (Lipinski definition) is 4. The molecule has 3 aromatic carbocycles. The summed E-state index contributed by atoms with van der Waals surface area (Å²) >= 11 is 0. The number of carbonyl (C=O) groups is 1. The molecule has 32 heavy (non-hydrogen) atoms. The molecule has 0 unspecified atom stereocenters. The fraction of sp³-hybridized carbons (Fsp3) is 0.231. The maximum Gasteiger partial charge on any atom is 0.324 e. The number of nitrogens with one attached hydrogen (secondary N) is 2. The van der Waals surface area contributed by atoms with Gasteiger partial charge in [0.1, 0.15) is 11.6 Å². The Bertz CT molecular complexity index is 1170. The van der Waals surface area contributed by atoms with Gasteiger partial charge in [-0.1, -0.05) is 62.7 Å². The third-order valence-electron chi connectivity index (χ3n) is 5.04. The predicted octanol–water partition coefficient (Wildman–Crippen LogP) is 5.90. The molecule has 2 amide bonds. The number of hydrogen-bond donors (Lipinski definition) is 3. The van der Waals surface area contributed by atoms with Crippen LogP contribution in [0, 0.1) is 12.3 Å². The van der Waals surface area contributed by atoms with Crippen LogP contribution in [0.3, 0.4) is 0 Å². The van der Waals surface area contributed by atoms with Crippen molar-refractivity contribution in [3.05, 3.63) is 78.0 Å². The zero-order valence-corrected chi connectivity index (χ0v) is 19.2. The number of aryl methyl sites for hydroxylation is 1. The van der Waals surface area contributed by atoms with Crippen molar-refractivity contribution in [1.82, 2.24) is 5.32 Å². The third kappa shape index (κ3) is 5.66. The van der Waals surface area contributed by atoms with Crippen LogP contribution in [0.1, 0.15) is 26.3 Å². The van der Waals surface area contributed by atoms with Crippen LogP contribution in [0.25, 0.3) is 10.8 Å². The molecule has 0 fully saturated rings. The molecular weight excluding hydrogens is 400 g/mol. The van der Waals surface area contributed by atoms with Crippen molar-refractivity contribution < 1.29 is 9.53 Å². The molecule has 166 valence electrons. The Hall–Kier alpha value is -3.80. The lowest BCUT2D eigenvalue weighted by atomic mass is 9.92. The fourth-order valence-electron chi connectivity index (χ4n) is 3.05. The lowest BCUT2D eigenvalue weighted by molar-refractivity contribution is 0.256. The Morgan fingerprint density at radius 1 is 1.00 bits per heavy atom. The molecule has 0 aliphatic rings. The van der Waals surface area contributed by atoms with Gasteiger partial charge in [0, 0.05) is 28.0 Å². The second-order valence-corrected chi connectivity index (χ2v) is 8.62. The maximum absolute atomic E-state index is 12.9. The normalized spacial score (nSPS) is 12.5. The number of benzene rings is 3. The molecule has 6 nitrogen and oxygen atoms in total. The van der Waals surface area contributed by atoms with Crippen LogP contribution >= 0.6 is 0 Å². The number of carbonyl (C=O) groups excluding carboxylic acids is 1. The monoisotopic (exact) mass is 430 g/mol. The van der Waals surface area contributed by atoms with E-state index in [1.807, 2.05) is 88.4 Å². The minimum atomic E-state index is -0.413. The summed E-state index contributed by atoms with van der Waals surface area (Å²) in [6.07, 6.45) is 1.70. The SMILES string of the molecule is COc1ccc(NC(=O)NC(C=C(N)C(C)(C)C)=Nc2ccc(C)cc2)c2ccccc12. The van der Waals surface area contributed by atoms with E-state index in [1.54, 1.807) is 13.2 Å². The van der Waals surface area contributed by atoms with Gasteiger partial charge in [-0.2, -0.15) is 0 Å². The van der Waals surface area contributed by atoms with E-state index in [-0.39, 0.29) is 5.41 Å². The Morgan fingerprint density at radius 3 is 2.28 bits per heavy atom. The van der Waals surface area contributed by atoms with Crippen molar-refractivity contribution in [2.45, 2.75) is 27.7 Å². The Kier molecular flexibility index (Phi) is 6.83. The van der Waals surface area contributed by atoms with E-state index in [4.69, 9.17) is 10.5 Å². The van der Waals surface area contributed by atoms with Gasteiger partial charge in [0.2, 0.25) is 0 Å². The topological polar surface area (TPSA) is 88.7 Å². The molecule has 4 N–H and O–H groups in total. The number of amidine groups is 1. The fourth-order valence-corrected chi connectivity index (χ4v) is 3.05. The summed E-state index contributed by atoms with van der Waals surface area (Å²) in [6, 6.07) is 18.7. The molecule has 0 bridgehead atoms. The molecule has 0 saturated heterocycles. The van der Waals surface area contributed by atoms with Crippen molar-refractivity contribution in [3.8, 4) is 5.75 Å². The number of aliphatic imine (C=N–C) groups is 1. The number of urea groups is 1. The molecule has 0 aromatic heterocycles. The van der Waals surface area contributed by atoms with Gasteiger partial charge in [-0.15, -0.1) is 0 Å². The molecule has 0 heterocycles.